The van der Waals surface area contributed by atoms with E-state index in [2.05, 4.69) is 36.7 Å². The lowest BCUT2D eigenvalue weighted by Crippen LogP contribution is -2.21. The van der Waals surface area contributed by atoms with Crippen LogP contribution in [0.3, 0.4) is 0 Å². The lowest BCUT2D eigenvalue weighted by atomic mass is 9.78. The maximum absolute atomic E-state index is 3.77. The number of rotatable bonds is 13. The van der Waals surface area contributed by atoms with Gasteiger partial charge in [0, 0.05) is 5.33 Å². The van der Waals surface area contributed by atoms with E-state index in [1.807, 2.05) is 0 Å². The van der Waals surface area contributed by atoms with Crippen molar-refractivity contribution in [3.05, 3.63) is 0 Å². The lowest BCUT2D eigenvalue weighted by Gasteiger charge is -2.31. The maximum Gasteiger partial charge on any atom is 0.00878 e. The molecule has 1 atom stereocenters. The predicted octanol–water partition coefficient (Wildman–Crippen LogP) is 7.11. The van der Waals surface area contributed by atoms with Gasteiger partial charge in [0.2, 0.25) is 0 Å². The van der Waals surface area contributed by atoms with Crippen LogP contribution in [0.2, 0.25) is 0 Å². The van der Waals surface area contributed by atoms with Crippen molar-refractivity contribution in [2.75, 3.05) is 5.33 Å². The van der Waals surface area contributed by atoms with Crippen molar-refractivity contribution in [2.24, 2.45) is 5.41 Å². The molecule has 0 N–H and O–H groups in total. The Morgan fingerprint density at radius 1 is 0.667 bits per heavy atom. The van der Waals surface area contributed by atoms with Crippen molar-refractivity contribution in [1.29, 1.82) is 0 Å². The lowest BCUT2D eigenvalue weighted by molar-refractivity contribution is 0.252. The smallest absolute Gasteiger partial charge is 0.00878 e. The average Bonchev–Trinajstić information content (AvgIpc) is 2.42. The summed E-state index contributed by atoms with van der Waals surface area (Å²) in [4.78, 5) is 0. The molecule has 0 aliphatic rings. The zero-order valence-corrected chi connectivity index (χ0v) is 14.7. The first-order valence-corrected chi connectivity index (χ1v) is 9.42. The van der Waals surface area contributed by atoms with Gasteiger partial charge < -0.3 is 0 Å². The van der Waals surface area contributed by atoms with E-state index in [1.54, 1.807) is 0 Å². The fraction of sp³-hybridized carbons (Fsp3) is 1.00. The second-order valence-corrected chi connectivity index (χ2v) is 6.52. The molecule has 0 radical (unpaired) electrons. The molecule has 0 rings (SSSR count). The number of hydrogen-bond acceptors (Lipinski definition) is 0. The highest BCUT2D eigenvalue weighted by atomic mass is 79.9. The summed E-state index contributed by atoms with van der Waals surface area (Å²) in [5, 5.41) is 1.20. The average molecular weight is 319 g/mol. The highest BCUT2D eigenvalue weighted by molar-refractivity contribution is 9.09. The van der Waals surface area contributed by atoms with Crippen LogP contribution in [0.4, 0.5) is 0 Å². The van der Waals surface area contributed by atoms with Gasteiger partial charge in [-0.15, -0.1) is 0 Å². The SMILES string of the molecule is CCCCCCCCCC(CC)(CBr)CCCC. The second kappa shape index (κ2) is 12.5. The summed E-state index contributed by atoms with van der Waals surface area (Å²) in [6, 6.07) is 0. The highest BCUT2D eigenvalue weighted by Gasteiger charge is 2.25. The molecular formula is C17H35Br. The topological polar surface area (TPSA) is 0 Å². The van der Waals surface area contributed by atoms with Crippen LogP contribution in [0.15, 0.2) is 0 Å². The molecule has 0 aromatic heterocycles. The zero-order chi connectivity index (χ0) is 13.7. The first-order chi connectivity index (χ1) is 8.74. The Hall–Kier alpha value is 0.480. The van der Waals surface area contributed by atoms with Gasteiger partial charge in [0.05, 0.1) is 0 Å². The van der Waals surface area contributed by atoms with Crippen molar-refractivity contribution < 1.29 is 0 Å². The van der Waals surface area contributed by atoms with Crippen LogP contribution >= 0.6 is 15.9 Å². The Morgan fingerprint density at radius 3 is 1.67 bits per heavy atom. The third-order valence-electron chi connectivity index (χ3n) is 4.40. The van der Waals surface area contributed by atoms with Gasteiger partial charge in [0.15, 0.2) is 0 Å². The number of unbranched alkanes of at least 4 members (excludes halogenated alkanes) is 7. The van der Waals surface area contributed by atoms with Gasteiger partial charge in [-0.2, -0.15) is 0 Å². The van der Waals surface area contributed by atoms with Crippen LogP contribution in [0.5, 0.6) is 0 Å². The first-order valence-electron chi connectivity index (χ1n) is 8.30. The molecule has 0 heterocycles. The molecule has 0 bridgehead atoms. The van der Waals surface area contributed by atoms with Crippen molar-refractivity contribution in [2.45, 2.75) is 97.8 Å². The quantitative estimate of drug-likeness (QED) is 0.251. The van der Waals surface area contributed by atoms with Crippen molar-refractivity contribution in [3.63, 3.8) is 0 Å². The van der Waals surface area contributed by atoms with Gasteiger partial charge in [0.1, 0.15) is 0 Å². The molecule has 1 unspecified atom stereocenters. The first kappa shape index (κ1) is 18.5. The molecule has 0 amide bonds. The summed E-state index contributed by atoms with van der Waals surface area (Å²) in [7, 11) is 0. The van der Waals surface area contributed by atoms with Crippen LogP contribution < -0.4 is 0 Å². The molecule has 0 aromatic carbocycles. The molecule has 18 heavy (non-hydrogen) atoms. The monoisotopic (exact) mass is 318 g/mol. The zero-order valence-electron chi connectivity index (χ0n) is 13.1. The van der Waals surface area contributed by atoms with E-state index in [4.69, 9.17) is 0 Å². The van der Waals surface area contributed by atoms with Gasteiger partial charge in [-0.1, -0.05) is 94.5 Å². The van der Waals surface area contributed by atoms with Crippen molar-refractivity contribution >= 4 is 15.9 Å². The van der Waals surface area contributed by atoms with E-state index < -0.39 is 0 Å². The van der Waals surface area contributed by atoms with Crippen LogP contribution in [0, 0.1) is 5.41 Å². The summed E-state index contributed by atoms with van der Waals surface area (Å²) in [5.74, 6) is 0. The van der Waals surface area contributed by atoms with Gasteiger partial charge in [-0.3, -0.25) is 0 Å². The Kier molecular flexibility index (Phi) is 12.8. The molecule has 0 nitrogen and oxygen atoms in total. The Morgan fingerprint density at radius 2 is 1.17 bits per heavy atom. The van der Waals surface area contributed by atoms with Crippen molar-refractivity contribution in [3.8, 4) is 0 Å². The third kappa shape index (κ3) is 8.56. The molecule has 110 valence electrons. The van der Waals surface area contributed by atoms with E-state index in [0.29, 0.717) is 5.41 Å². The van der Waals surface area contributed by atoms with E-state index in [-0.39, 0.29) is 0 Å². The molecule has 1 heteroatoms. The molecule has 0 fully saturated rings. The normalized spacial score (nSPS) is 14.7. The molecule has 0 saturated heterocycles. The van der Waals surface area contributed by atoms with Crippen LogP contribution in [-0.4, -0.2) is 5.33 Å². The number of halogens is 1. The van der Waals surface area contributed by atoms with Gasteiger partial charge in [-0.25, -0.2) is 0 Å². The van der Waals surface area contributed by atoms with Gasteiger partial charge in [0.25, 0.3) is 0 Å². The Labute approximate surface area is 124 Å². The van der Waals surface area contributed by atoms with Crippen LogP contribution in [0.25, 0.3) is 0 Å². The molecule has 0 aromatic rings. The summed E-state index contributed by atoms with van der Waals surface area (Å²) in [5.41, 5.74) is 0.597. The molecule has 0 spiro atoms. The highest BCUT2D eigenvalue weighted by Crippen LogP contribution is 2.36. The molecular weight excluding hydrogens is 284 g/mol. The van der Waals surface area contributed by atoms with Gasteiger partial charge in [-0.05, 0) is 24.7 Å². The fourth-order valence-corrected chi connectivity index (χ4v) is 3.67. The van der Waals surface area contributed by atoms with E-state index >= 15 is 0 Å². The second-order valence-electron chi connectivity index (χ2n) is 5.96. The standard InChI is InChI=1S/C17H35Br/c1-4-7-9-10-11-12-13-15-17(6-3,16-18)14-8-5-2/h4-16H2,1-3H3. The van der Waals surface area contributed by atoms with E-state index in [0.717, 1.165) is 0 Å². The minimum Gasteiger partial charge on any atom is -0.0922 e. The number of hydrogen-bond donors (Lipinski definition) is 0. The number of alkyl halides is 1. The Bertz CT molecular complexity index is 161. The summed E-state index contributed by atoms with van der Waals surface area (Å²) < 4.78 is 0. The predicted molar refractivity (Wildman–Crippen MR) is 88.7 cm³/mol. The van der Waals surface area contributed by atoms with E-state index in [9.17, 15) is 0 Å². The van der Waals surface area contributed by atoms with E-state index in [1.165, 1.54) is 82.4 Å². The summed E-state index contributed by atoms with van der Waals surface area (Å²) >= 11 is 3.77. The fourth-order valence-electron chi connectivity index (χ4n) is 2.72. The summed E-state index contributed by atoms with van der Waals surface area (Å²) in [6.45, 7) is 6.97. The van der Waals surface area contributed by atoms with Gasteiger partial charge >= 0.3 is 0 Å². The van der Waals surface area contributed by atoms with Crippen molar-refractivity contribution in [1.82, 2.24) is 0 Å². The minimum absolute atomic E-state index is 0.597. The largest absolute Gasteiger partial charge is 0.0922 e. The maximum atomic E-state index is 3.77. The Balaban J connectivity index is 3.69. The molecule has 0 saturated carbocycles. The summed E-state index contributed by atoms with van der Waals surface area (Å²) in [6.07, 6.45) is 17.0. The third-order valence-corrected chi connectivity index (χ3v) is 5.59. The van der Waals surface area contributed by atoms with Crippen LogP contribution in [-0.2, 0) is 0 Å². The molecule has 0 aliphatic carbocycles. The van der Waals surface area contributed by atoms with Crippen LogP contribution in [0.1, 0.15) is 97.8 Å². The molecule has 0 aliphatic heterocycles. The minimum atomic E-state index is 0.597.